The fourth-order valence-electron chi connectivity index (χ4n) is 3.94. The minimum absolute atomic E-state index is 0.112. The van der Waals surface area contributed by atoms with Crippen molar-refractivity contribution in [3.63, 3.8) is 0 Å². The van der Waals surface area contributed by atoms with Gasteiger partial charge in [-0.25, -0.2) is 4.98 Å². The minimum atomic E-state index is -0.119. The molecule has 6 nitrogen and oxygen atoms in total. The van der Waals surface area contributed by atoms with E-state index in [1.807, 2.05) is 60.7 Å². The van der Waals surface area contributed by atoms with Crippen LogP contribution < -0.4 is 5.32 Å². The second-order valence-electron chi connectivity index (χ2n) is 8.24. The summed E-state index contributed by atoms with van der Waals surface area (Å²) in [6, 6.07) is 24.1. The van der Waals surface area contributed by atoms with E-state index in [2.05, 4.69) is 15.3 Å². The Kier molecular flexibility index (Phi) is 6.30. The molecule has 182 valence electrons. The summed E-state index contributed by atoms with van der Waals surface area (Å²) < 4.78 is 7.67. The highest BCUT2D eigenvalue weighted by molar-refractivity contribution is 8.01. The number of hydrogen-bond acceptors (Lipinski definition) is 7. The van der Waals surface area contributed by atoms with E-state index in [-0.39, 0.29) is 17.4 Å². The third-order valence-electron chi connectivity index (χ3n) is 5.68. The van der Waals surface area contributed by atoms with Gasteiger partial charge < -0.3 is 14.8 Å². The van der Waals surface area contributed by atoms with Crippen LogP contribution in [0.4, 0.5) is 11.4 Å². The lowest BCUT2D eigenvalue weighted by Crippen LogP contribution is -2.13. The maximum absolute atomic E-state index is 12.6. The summed E-state index contributed by atoms with van der Waals surface area (Å²) >= 11 is 8.89. The molecule has 6 aromatic rings. The molecule has 4 aromatic carbocycles. The molecule has 0 unspecified atom stereocenters. The van der Waals surface area contributed by atoms with Gasteiger partial charge in [-0.3, -0.25) is 9.79 Å². The highest BCUT2D eigenvalue weighted by Crippen LogP contribution is 2.33. The highest BCUT2D eigenvalue weighted by Gasteiger charge is 2.11. The van der Waals surface area contributed by atoms with Crippen LogP contribution in [0.15, 0.2) is 92.6 Å². The molecule has 0 aliphatic rings. The molecule has 2 aromatic heterocycles. The van der Waals surface area contributed by atoms with E-state index in [1.165, 1.54) is 29.2 Å². The van der Waals surface area contributed by atoms with E-state index in [0.717, 1.165) is 42.2 Å². The fraction of sp³-hybridized carbons (Fsp3) is 0.0357. The number of nitrogens with zero attached hydrogens (tertiary/aromatic N) is 2. The van der Waals surface area contributed by atoms with Crippen LogP contribution in [0.3, 0.4) is 0 Å². The largest absolute Gasteiger partial charge is 0.507 e. The Hall–Kier alpha value is -3.85. The molecule has 0 saturated carbocycles. The summed E-state index contributed by atoms with van der Waals surface area (Å²) in [5, 5.41) is 15.5. The average Bonchev–Trinajstić information content (AvgIpc) is 3.48. The Morgan fingerprint density at radius 1 is 1.05 bits per heavy atom. The first-order valence-electron chi connectivity index (χ1n) is 11.3. The summed E-state index contributed by atoms with van der Waals surface area (Å²) in [7, 11) is 0. The number of thiazole rings is 1. The topological polar surface area (TPSA) is 87.7 Å². The van der Waals surface area contributed by atoms with Gasteiger partial charge in [0.15, 0.2) is 4.34 Å². The molecular weight excluding hydrogens is 526 g/mol. The predicted molar refractivity (Wildman–Crippen MR) is 153 cm³/mol. The molecule has 0 spiro atoms. The molecule has 0 aliphatic carbocycles. The van der Waals surface area contributed by atoms with Gasteiger partial charge in [-0.2, -0.15) is 0 Å². The molecule has 6 rings (SSSR count). The number of fused-ring (bicyclic) bond motifs is 4. The normalized spacial score (nSPS) is 11.7. The number of phenols is 1. The average molecular weight is 544 g/mol. The van der Waals surface area contributed by atoms with Crippen molar-refractivity contribution >= 4 is 90.4 Å². The lowest BCUT2D eigenvalue weighted by Gasteiger charge is -2.04. The second kappa shape index (κ2) is 9.89. The van der Waals surface area contributed by atoms with Crippen molar-refractivity contribution in [3.8, 4) is 5.75 Å². The number of halogens is 1. The first-order valence-corrected chi connectivity index (χ1v) is 13.5. The molecule has 1 amide bonds. The molecular formula is C28H18ClN3O3S2. The van der Waals surface area contributed by atoms with Gasteiger partial charge in [0.1, 0.15) is 16.9 Å². The Labute approximate surface area is 224 Å². The number of aliphatic imine (C=N–C) groups is 1. The van der Waals surface area contributed by atoms with Gasteiger partial charge in [0.05, 0.1) is 21.7 Å². The summed E-state index contributed by atoms with van der Waals surface area (Å²) in [6.07, 6.45) is 1.58. The van der Waals surface area contributed by atoms with Crippen molar-refractivity contribution in [3.05, 3.63) is 89.4 Å². The Bertz CT molecular complexity index is 1830. The van der Waals surface area contributed by atoms with Crippen molar-refractivity contribution in [2.24, 2.45) is 4.99 Å². The highest BCUT2D eigenvalue weighted by atomic mass is 35.5. The van der Waals surface area contributed by atoms with Crippen LogP contribution in [0.1, 0.15) is 5.56 Å². The summed E-state index contributed by atoms with van der Waals surface area (Å²) in [5.74, 6) is 0.227. The van der Waals surface area contributed by atoms with Gasteiger partial charge in [-0.1, -0.05) is 41.6 Å². The SMILES string of the molecule is O=C(CSc1nc2ccc(N=Cc3cc(Cl)ccc3O)cc2s1)Nc1ccc2c(c1)oc1ccccc12. The molecule has 0 bridgehead atoms. The van der Waals surface area contributed by atoms with E-state index >= 15 is 0 Å². The van der Waals surface area contributed by atoms with Crippen molar-refractivity contribution in [2.45, 2.75) is 4.34 Å². The molecule has 0 aliphatic heterocycles. The molecule has 0 fully saturated rings. The number of anilines is 1. The number of para-hydroxylation sites is 1. The third kappa shape index (κ3) is 5.04. The van der Waals surface area contributed by atoms with Gasteiger partial charge in [-0.05, 0) is 54.6 Å². The Morgan fingerprint density at radius 2 is 1.92 bits per heavy atom. The number of nitrogens with one attached hydrogen (secondary N) is 1. The molecule has 2 heterocycles. The van der Waals surface area contributed by atoms with Crippen molar-refractivity contribution < 1.29 is 14.3 Å². The predicted octanol–water partition coefficient (Wildman–Crippen LogP) is 8.04. The van der Waals surface area contributed by atoms with Crippen LogP contribution in [-0.4, -0.2) is 28.0 Å². The van der Waals surface area contributed by atoms with Crippen LogP contribution in [0.2, 0.25) is 5.02 Å². The second-order valence-corrected chi connectivity index (χ2v) is 10.9. The Balaban J connectivity index is 1.12. The van der Waals surface area contributed by atoms with Crippen molar-refractivity contribution in [2.75, 3.05) is 11.1 Å². The van der Waals surface area contributed by atoms with Crippen molar-refractivity contribution in [1.29, 1.82) is 0 Å². The number of aromatic hydroxyl groups is 1. The van der Waals surface area contributed by atoms with E-state index in [4.69, 9.17) is 16.0 Å². The monoisotopic (exact) mass is 543 g/mol. The molecule has 0 radical (unpaired) electrons. The van der Waals surface area contributed by atoms with Crippen molar-refractivity contribution in [1.82, 2.24) is 4.98 Å². The fourth-order valence-corrected chi connectivity index (χ4v) is 6.02. The summed E-state index contributed by atoms with van der Waals surface area (Å²) in [4.78, 5) is 21.7. The first kappa shape index (κ1) is 23.5. The third-order valence-corrected chi connectivity index (χ3v) is 8.08. The van der Waals surface area contributed by atoms with Crippen LogP contribution in [0.25, 0.3) is 32.2 Å². The number of phenolic OH excluding ortho intramolecular Hbond substituents is 1. The van der Waals surface area contributed by atoms with Gasteiger partial charge in [0.25, 0.3) is 0 Å². The van der Waals surface area contributed by atoms with Gasteiger partial charge in [0, 0.05) is 39.3 Å². The van der Waals surface area contributed by atoms with E-state index < -0.39 is 0 Å². The zero-order valence-corrected chi connectivity index (χ0v) is 21.5. The first-order chi connectivity index (χ1) is 18.0. The number of carbonyl (C=O) groups excluding carboxylic acids is 1. The zero-order chi connectivity index (χ0) is 25.4. The van der Waals surface area contributed by atoms with Crippen LogP contribution in [0, 0.1) is 0 Å². The van der Waals surface area contributed by atoms with Gasteiger partial charge in [-0.15, -0.1) is 11.3 Å². The van der Waals surface area contributed by atoms with Gasteiger partial charge >= 0.3 is 0 Å². The molecule has 37 heavy (non-hydrogen) atoms. The van der Waals surface area contributed by atoms with E-state index in [9.17, 15) is 9.90 Å². The maximum atomic E-state index is 12.6. The summed E-state index contributed by atoms with van der Waals surface area (Å²) in [6.45, 7) is 0. The molecule has 0 saturated heterocycles. The number of rotatable bonds is 6. The molecule has 9 heteroatoms. The zero-order valence-electron chi connectivity index (χ0n) is 19.1. The number of thioether (sulfide) groups is 1. The van der Waals surface area contributed by atoms with Crippen LogP contribution >= 0.6 is 34.7 Å². The number of amides is 1. The van der Waals surface area contributed by atoms with E-state index in [1.54, 1.807) is 18.3 Å². The standard InChI is InChI=1S/C28H18ClN3O3S2/c29-17-5-10-23(33)16(11-17)14-30-18-7-9-22-26(13-18)37-28(32-22)36-15-27(34)31-19-6-8-21-20-3-1-2-4-24(20)35-25(21)12-19/h1-14,33H,15H2,(H,31,34). The maximum Gasteiger partial charge on any atom is 0.234 e. The number of furan rings is 1. The molecule has 2 N–H and O–H groups in total. The number of benzene rings is 4. The smallest absolute Gasteiger partial charge is 0.234 e. The minimum Gasteiger partial charge on any atom is -0.507 e. The van der Waals surface area contributed by atoms with Gasteiger partial charge in [0.2, 0.25) is 5.91 Å². The Morgan fingerprint density at radius 3 is 2.84 bits per heavy atom. The molecule has 0 atom stereocenters. The number of aromatic nitrogens is 1. The summed E-state index contributed by atoms with van der Waals surface area (Å²) in [5.41, 5.74) is 4.36. The number of hydrogen-bond donors (Lipinski definition) is 2. The quantitative estimate of drug-likeness (QED) is 0.164. The lowest BCUT2D eigenvalue weighted by molar-refractivity contribution is -0.113. The van der Waals surface area contributed by atoms with Crippen LogP contribution in [-0.2, 0) is 4.79 Å². The number of carbonyl (C=O) groups is 1. The van der Waals surface area contributed by atoms with E-state index in [0.29, 0.717) is 16.3 Å². The lowest BCUT2D eigenvalue weighted by atomic mass is 10.1. The van der Waals surface area contributed by atoms with Crippen LogP contribution in [0.5, 0.6) is 5.75 Å².